The van der Waals surface area contributed by atoms with Gasteiger partial charge in [-0.15, -0.1) is 0 Å². The molecule has 0 radical (unpaired) electrons. The van der Waals surface area contributed by atoms with E-state index in [0.717, 1.165) is 6.07 Å². The van der Waals surface area contributed by atoms with Crippen molar-refractivity contribution in [3.8, 4) is 0 Å². The maximum atomic E-state index is 12.9. The minimum absolute atomic E-state index is 0.269. The average Bonchev–Trinajstić information content (AvgIpc) is 2.08. The van der Waals surface area contributed by atoms with Gasteiger partial charge in [0.1, 0.15) is 11.9 Å². The van der Waals surface area contributed by atoms with Crippen molar-refractivity contribution in [2.75, 3.05) is 0 Å². The molecule has 3 nitrogen and oxygen atoms in total. The third kappa shape index (κ3) is 2.38. The van der Waals surface area contributed by atoms with Gasteiger partial charge in [0, 0.05) is 3.57 Å². The highest BCUT2D eigenvalue weighted by molar-refractivity contribution is 14.1. The van der Waals surface area contributed by atoms with Gasteiger partial charge < -0.3 is 10.8 Å². The van der Waals surface area contributed by atoms with E-state index in [9.17, 15) is 9.18 Å². The third-order valence-electron chi connectivity index (χ3n) is 1.57. The Hall–Kier alpha value is -0.690. The predicted molar refractivity (Wildman–Crippen MR) is 53.7 cm³/mol. The molecule has 0 heterocycles. The van der Waals surface area contributed by atoms with Crippen molar-refractivity contribution >= 4 is 28.6 Å². The summed E-state index contributed by atoms with van der Waals surface area (Å²) >= 11 is 1.82. The zero-order valence-corrected chi connectivity index (χ0v) is 8.66. The van der Waals surface area contributed by atoms with Crippen LogP contribution in [-0.4, -0.2) is 11.1 Å². The molecule has 0 saturated carbocycles. The highest BCUT2D eigenvalue weighted by atomic mass is 127. The lowest BCUT2D eigenvalue weighted by Gasteiger charge is -2.06. The lowest BCUT2D eigenvalue weighted by molar-refractivity contribution is -0.138. The normalized spacial score (nSPS) is 12.5. The minimum atomic E-state index is -1.17. The van der Waals surface area contributed by atoms with E-state index >= 15 is 0 Å². The number of hydrogen-bond acceptors (Lipinski definition) is 2. The van der Waals surface area contributed by atoms with Crippen LogP contribution in [0, 0.1) is 9.39 Å². The zero-order valence-electron chi connectivity index (χ0n) is 6.50. The van der Waals surface area contributed by atoms with E-state index in [1.54, 1.807) is 0 Å². The van der Waals surface area contributed by atoms with E-state index in [-0.39, 0.29) is 5.56 Å². The van der Waals surface area contributed by atoms with E-state index in [4.69, 9.17) is 10.8 Å². The van der Waals surface area contributed by atoms with Crippen LogP contribution in [0.5, 0.6) is 0 Å². The maximum absolute atomic E-state index is 12.9. The Morgan fingerprint density at radius 3 is 2.69 bits per heavy atom. The number of rotatable bonds is 2. The van der Waals surface area contributed by atoms with Gasteiger partial charge in [0.15, 0.2) is 0 Å². The number of halogens is 2. The molecule has 0 amide bonds. The third-order valence-corrected chi connectivity index (χ3v) is 2.44. The van der Waals surface area contributed by atoms with Crippen molar-refractivity contribution in [1.82, 2.24) is 0 Å². The van der Waals surface area contributed by atoms with Gasteiger partial charge in [0.25, 0.3) is 0 Å². The van der Waals surface area contributed by atoms with E-state index in [0.29, 0.717) is 3.57 Å². The molecule has 1 unspecified atom stereocenters. The monoisotopic (exact) mass is 295 g/mol. The highest BCUT2D eigenvalue weighted by Gasteiger charge is 2.15. The molecule has 1 rings (SSSR count). The van der Waals surface area contributed by atoms with Gasteiger partial charge in [-0.3, -0.25) is 4.79 Å². The lowest BCUT2D eigenvalue weighted by atomic mass is 10.1. The quantitative estimate of drug-likeness (QED) is 0.813. The SMILES string of the molecule is NC(C(=O)O)c1ccc(I)c(F)c1. The summed E-state index contributed by atoms with van der Waals surface area (Å²) in [5.41, 5.74) is 5.56. The van der Waals surface area contributed by atoms with Gasteiger partial charge in [-0.25, -0.2) is 4.39 Å². The molecule has 0 spiro atoms. The fraction of sp³-hybridized carbons (Fsp3) is 0.125. The van der Waals surface area contributed by atoms with Crippen molar-refractivity contribution in [3.05, 3.63) is 33.1 Å². The highest BCUT2D eigenvalue weighted by Crippen LogP contribution is 2.16. The van der Waals surface area contributed by atoms with Crippen molar-refractivity contribution in [2.24, 2.45) is 5.73 Å². The van der Waals surface area contributed by atoms with Crippen LogP contribution in [0.25, 0.3) is 0 Å². The Bertz CT molecular complexity index is 343. The first kappa shape index (κ1) is 10.4. The summed E-state index contributed by atoms with van der Waals surface area (Å²) in [5.74, 6) is -1.62. The van der Waals surface area contributed by atoms with Gasteiger partial charge in [-0.05, 0) is 40.3 Å². The molecule has 70 valence electrons. The molecule has 1 aromatic carbocycles. The van der Waals surface area contributed by atoms with E-state index in [1.165, 1.54) is 12.1 Å². The van der Waals surface area contributed by atoms with Crippen LogP contribution in [-0.2, 0) is 4.79 Å². The molecule has 1 atom stereocenters. The summed E-state index contributed by atoms with van der Waals surface area (Å²) in [7, 11) is 0. The first-order valence-electron chi connectivity index (χ1n) is 3.45. The van der Waals surface area contributed by atoms with Gasteiger partial charge >= 0.3 is 5.97 Å². The molecule has 3 N–H and O–H groups in total. The first-order valence-corrected chi connectivity index (χ1v) is 4.53. The number of carboxylic acids is 1. The smallest absolute Gasteiger partial charge is 0.325 e. The van der Waals surface area contributed by atoms with Gasteiger partial charge in [-0.2, -0.15) is 0 Å². The second-order valence-electron chi connectivity index (χ2n) is 2.49. The van der Waals surface area contributed by atoms with E-state index < -0.39 is 17.8 Å². The second-order valence-corrected chi connectivity index (χ2v) is 3.65. The molecule has 13 heavy (non-hydrogen) atoms. The molecule has 0 aliphatic carbocycles. The Kier molecular flexibility index (Phi) is 3.21. The zero-order chi connectivity index (χ0) is 10.0. The number of carbonyl (C=O) groups is 1. The molecule has 0 bridgehead atoms. The van der Waals surface area contributed by atoms with Crippen LogP contribution in [0.1, 0.15) is 11.6 Å². The van der Waals surface area contributed by atoms with Crippen LogP contribution in [0.4, 0.5) is 4.39 Å². The van der Waals surface area contributed by atoms with Gasteiger partial charge in [-0.1, -0.05) is 6.07 Å². The van der Waals surface area contributed by atoms with Crippen molar-refractivity contribution < 1.29 is 14.3 Å². The number of aliphatic carboxylic acids is 1. The van der Waals surface area contributed by atoms with Crippen LogP contribution < -0.4 is 5.73 Å². The summed E-state index contributed by atoms with van der Waals surface area (Å²) in [6, 6.07) is 2.98. The Morgan fingerprint density at radius 1 is 1.62 bits per heavy atom. The molecule has 0 aliphatic heterocycles. The molecule has 1 aromatic rings. The number of nitrogens with two attached hydrogens (primary N) is 1. The van der Waals surface area contributed by atoms with Crippen LogP contribution >= 0.6 is 22.6 Å². The summed E-state index contributed by atoms with van der Waals surface area (Å²) in [6.07, 6.45) is 0. The number of hydrogen-bond donors (Lipinski definition) is 2. The molecular formula is C8H7FINO2. The first-order chi connectivity index (χ1) is 6.02. The van der Waals surface area contributed by atoms with Crippen molar-refractivity contribution in [3.63, 3.8) is 0 Å². The fourth-order valence-corrected chi connectivity index (χ4v) is 1.18. The topological polar surface area (TPSA) is 63.3 Å². The van der Waals surface area contributed by atoms with Crippen molar-refractivity contribution in [2.45, 2.75) is 6.04 Å². The largest absolute Gasteiger partial charge is 0.480 e. The van der Waals surface area contributed by atoms with Crippen molar-refractivity contribution in [1.29, 1.82) is 0 Å². The molecule has 5 heteroatoms. The minimum Gasteiger partial charge on any atom is -0.480 e. The fourth-order valence-electron chi connectivity index (χ4n) is 0.848. The number of carboxylic acid groups (broad SMARTS) is 1. The van der Waals surface area contributed by atoms with E-state index in [1.807, 2.05) is 22.6 Å². The Morgan fingerprint density at radius 2 is 2.23 bits per heavy atom. The summed E-state index contributed by atoms with van der Waals surface area (Å²) in [4.78, 5) is 10.4. The maximum Gasteiger partial charge on any atom is 0.325 e. The predicted octanol–water partition coefficient (Wildman–Crippen LogP) is 1.51. The van der Waals surface area contributed by atoms with Crippen LogP contribution in [0.3, 0.4) is 0 Å². The standard InChI is InChI=1S/C8H7FINO2/c9-5-3-4(1-2-6(5)10)7(11)8(12)13/h1-3,7H,11H2,(H,12,13). The van der Waals surface area contributed by atoms with Crippen LogP contribution in [0.2, 0.25) is 0 Å². The summed E-state index contributed by atoms with van der Waals surface area (Å²) < 4.78 is 13.4. The molecule has 0 saturated heterocycles. The van der Waals surface area contributed by atoms with Crippen LogP contribution in [0.15, 0.2) is 18.2 Å². The Labute approximate surface area is 87.9 Å². The summed E-state index contributed by atoms with van der Waals surface area (Å²) in [6.45, 7) is 0. The number of benzene rings is 1. The van der Waals surface area contributed by atoms with Gasteiger partial charge in [0.2, 0.25) is 0 Å². The molecule has 0 aromatic heterocycles. The van der Waals surface area contributed by atoms with E-state index in [2.05, 4.69) is 0 Å². The Balaban J connectivity index is 3.03. The lowest BCUT2D eigenvalue weighted by Crippen LogP contribution is -2.20. The molecule has 0 aliphatic rings. The van der Waals surface area contributed by atoms with Gasteiger partial charge in [0.05, 0.1) is 0 Å². The summed E-state index contributed by atoms with van der Waals surface area (Å²) in [5, 5.41) is 8.55. The molecule has 0 fully saturated rings. The second kappa shape index (κ2) is 4.01. The average molecular weight is 295 g/mol. The molecular weight excluding hydrogens is 288 g/mol.